The fraction of sp³-hybridized carbons (Fsp3) is 0.0645. The number of benzene rings is 4. The molecule has 7 heteroatoms. The first-order chi connectivity index (χ1) is 18.5. The number of amides is 4. The SMILES string of the molecule is COc1cc(C=C2C(=O)N(c3ccccc3)C(=O)N(c3ccccc3)C2=O)ccc1Cc1ccccc1Br. The molecule has 4 aromatic rings. The average Bonchev–Trinajstić information content (AvgIpc) is 2.94. The largest absolute Gasteiger partial charge is 0.496 e. The summed E-state index contributed by atoms with van der Waals surface area (Å²) < 4.78 is 6.65. The number of rotatable bonds is 6. The second-order valence-corrected chi connectivity index (χ2v) is 9.49. The summed E-state index contributed by atoms with van der Waals surface area (Å²) in [5.41, 5.74) is 3.29. The minimum atomic E-state index is -0.726. The summed E-state index contributed by atoms with van der Waals surface area (Å²) >= 11 is 3.59. The summed E-state index contributed by atoms with van der Waals surface area (Å²) in [6.07, 6.45) is 2.14. The van der Waals surface area contributed by atoms with Crippen LogP contribution in [0.2, 0.25) is 0 Å². The van der Waals surface area contributed by atoms with Crippen LogP contribution in [0.1, 0.15) is 16.7 Å². The molecule has 5 rings (SSSR count). The molecular formula is C31H23BrN2O4. The van der Waals surface area contributed by atoms with Crippen molar-refractivity contribution >= 4 is 51.2 Å². The average molecular weight is 567 g/mol. The van der Waals surface area contributed by atoms with Gasteiger partial charge in [0, 0.05) is 10.9 Å². The molecule has 1 heterocycles. The van der Waals surface area contributed by atoms with Crippen molar-refractivity contribution in [2.45, 2.75) is 6.42 Å². The molecule has 0 aromatic heterocycles. The van der Waals surface area contributed by atoms with Gasteiger partial charge < -0.3 is 4.74 Å². The Hall–Kier alpha value is -4.49. The standard InChI is InChI=1S/C31H23BrN2O4/c1-38-28-19-21(16-17-23(28)20-22-10-8-9-15-27(22)32)18-26-29(35)33(24-11-4-2-5-12-24)31(37)34(30(26)36)25-13-6-3-7-14-25/h2-19H,20H2,1H3. The number of carbonyl (C=O) groups excluding carboxylic acids is 3. The highest BCUT2D eigenvalue weighted by Crippen LogP contribution is 2.31. The predicted molar refractivity (Wildman–Crippen MR) is 151 cm³/mol. The Labute approximate surface area is 228 Å². The number of hydrogen-bond acceptors (Lipinski definition) is 4. The maximum Gasteiger partial charge on any atom is 0.343 e. The summed E-state index contributed by atoms with van der Waals surface area (Å²) in [6, 6.07) is 29.9. The van der Waals surface area contributed by atoms with Crippen molar-refractivity contribution in [3.63, 3.8) is 0 Å². The van der Waals surface area contributed by atoms with Crippen LogP contribution in [0.5, 0.6) is 5.75 Å². The van der Waals surface area contributed by atoms with Crippen molar-refractivity contribution in [3.05, 3.63) is 130 Å². The first-order valence-electron chi connectivity index (χ1n) is 11.9. The van der Waals surface area contributed by atoms with Gasteiger partial charge in [-0.2, -0.15) is 0 Å². The molecular weight excluding hydrogens is 544 g/mol. The number of imide groups is 2. The molecule has 0 atom stereocenters. The molecule has 0 spiro atoms. The Balaban J connectivity index is 1.56. The molecule has 0 aliphatic carbocycles. The molecule has 6 nitrogen and oxygen atoms in total. The van der Waals surface area contributed by atoms with E-state index >= 15 is 0 Å². The van der Waals surface area contributed by atoms with Crippen LogP contribution in [0, 0.1) is 0 Å². The zero-order valence-corrected chi connectivity index (χ0v) is 22.1. The molecule has 1 fully saturated rings. The highest BCUT2D eigenvalue weighted by Gasteiger charge is 2.43. The Morgan fingerprint density at radius 1 is 0.711 bits per heavy atom. The van der Waals surface area contributed by atoms with Gasteiger partial charge in [-0.25, -0.2) is 14.6 Å². The number of halogens is 1. The molecule has 0 bridgehead atoms. The third-order valence-corrected chi connectivity index (χ3v) is 7.01. The first-order valence-corrected chi connectivity index (χ1v) is 12.7. The van der Waals surface area contributed by atoms with Crippen LogP contribution >= 0.6 is 15.9 Å². The second-order valence-electron chi connectivity index (χ2n) is 8.63. The smallest absolute Gasteiger partial charge is 0.343 e. The number of urea groups is 1. The van der Waals surface area contributed by atoms with E-state index in [1.54, 1.807) is 73.8 Å². The Morgan fingerprint density at radius 3 is 1.82 bits per heavy atom. The molecule has 0 radical (unpaired) electrons. The number of carbonyl (C=O) groups is 3. The number of anilines is 2. The summed E-state index contributed by atoms with van der Waals surface area (Å²) in [5, 5.41) is 0. The summed E-state index contributed by atoms with van der Waals surface area (Å²) in [5.74, 6) is -0.744. The van der Waals surface area contributed by atoms with Crippen molar-refractivity contribution in [1.82, 2.24) is 0 Å². The summed E-state index contributed by atoms with van der Waals surface area (Å²) in [4.78, 5) is 42.7. The predicted octanol–water partition coefficient (Wildman–Crippen LogP) is 6.63. The van der Waals surface area contributed by atoms with Gasteiger partial charge in [0.05, 0.1) is 18.5 Å². The Morgan fingerprint density at radius 2 is 1.26 bits per heavy atom. The van der Waals surface area contributed by atoms with Crippen LogP contribution in [-0.2, 0) is 16.0 Å². The maximum atomic E-state index is 13.6. The normalized spacial score (nSPS) is 13.6. The van der Waals surface area contributed by atoms with Crippen molar-refractivity contribution < 1.29 is 19.1 Å². The maximum absolute atomic E-state index is 13.6. The van der Waals surface area contributed by atoms with Gasteiger partial charge in [-0.15, -0.1) is 0 Å². The number of ether oxygens (including phenoxy) is 1. The highest BCUT2D eigenvalue weighted by molar-refractivity contribution is 9.10. The van der Waals surface area contributed by atoms with E-state index in [9.17, 15) is 14.4 Å². The van der Waals surface area contributed by atoms with Crippen LogP contribution in [0.3, 0.4) is 0 Å². The zero-order chi connectivity index (χ0) is 26.6. The van der Waals surface area contributed by atoms with E-state index in [1.165, 1.54) is 6.08 Å². The van der Waals surface area contributed by atoms with E-state index < -0.39 is 17.8 Å². The molecule has 0 saturated carbocycles. The van der Waals surface area contributed by atoms with E-state index in [0.29, 0.717) is 29.1 Å². The lowest BCUT2D eigenvalue weighted by molar-refractivity contribution is -0.121. The van der Waals surface area contributed by atoms with Gasteiger partial charge in [-0.1, -0.05) is 82.7 Å². The van der Waals surface area contributed by atoms with Gasteiger partial charge in [-0.05, 0) is 59.2 Å². The van der Waals surface area contributed by atoms with E-state index in [4.69, 9.17) is 4.74 Å². The van der Waals surface area contributed by atoms with Crippen LogP contribution in [-0.4, -0.2) is 25.0 Å². The monoisotopic (exact) mass is 566 g/mol. The summed E-state index contributed by atoms with van der Waals surface area (Å²) in [7, 11) is 1.58. The topological polar surface area (TPSA) is 66.9 Å². The van der Waals surface area contributed by atoms with E-state index in [-0.39, 0.29) is 5.57 Å². The van der Waals surface area contributed by atoms with Gasteiger partial charge in [0.1, 0.15) is 11.3 Å². The molecule has 0 unspecified atom stereocenters. The van der Waals surface area contributed by atoms with Crippen molar-refractivity contribution in [3.8, 4) is 5.75 Å². The Kier molecular flexibility index (Phi) is 7.20. The number of para-hydroxylation sites is 2. The second kappa shape index (κ2) is 10.9. The highest BCUT2D eigenvalue weighted by atomic mass is 79.9. The molecule has 0 N–H and O–H groups in total. The van der Waals surface area contributed by atoms with Gasteiger partial charge in [0.2, 0.25) is 0 Å². The summed E-state index contributed by atoms with van der Waals surface area (Å²) in [6.45, 7) is 0. The van der Waals surface area contributed by atoms with Gasteiger partial charge in [0.25, 0.3) is 11.8 Å². The minimum Gasteiger partial charge on any atom is -0.496 e. The molecule has 1 aliphatic rings. The van der Waals surface area contributed by atoms with Gasteiger partial charge in [0.15, 0.2) is 0 Å². The number of nitrogens with zero attached hydrogens (tertiary/aromatic N) is 2. The van der Waals surface area contributed by atoms with Crippen molar-refractivity contribution in [2.24, 2.45) is 0 Å². The number of hydrogen-bond donors (Lipinski definition) is 0. The van der Waals surface area contributed by atoms with Gasteiger partial charge >= 0.3 is 6.03 Å². The number of methoxy groups -OCH3 is 1. The van der Waals surface area contributed by atoms with Crippen molar-refractivity contribution in [1.29, 1.82) is 0 Å². The third-order valence-electron chi connectivity index (χ3n) is 6.24. The van der Waals surface area contributed by atoms with E-state index in [2.05, 4.69) is 15.9 Å². The molecule has 1 saturated heterocycles. The minimum absolute atomic E-state index is 0.127. The van der Waals surface area contributed by atoms with E-state index in [1.807, 2.05) is 36.4 Å². The first kappa shape index (κ1) is 25.2. The lowest BCUT2D eigenvalue weighted by Gasteiger charge is -2.33. The Bertz CT molecular complexity index is 1490. The van der Waals surface area contributed by atoms with Crippen LogP contribution in [0.4, 0.5) is 16.2 Å². The number of barbiturate groups is 1. The van der Waals surface area contributed by atoms with Gasteiger partial charge in [-0.3, -0.25) is 9.59 Å². The third kappa shape index (κ3) is 4.88. The van der Waals surface area contributed by atoms with Crippen molar-refractivity contribution in [2.75, 3.05) is 16.9 Å². The molecule has 1 aliphatic heterocycles. The quantitative estimate of drug-likeness (QED) is 0.194. The molecule has 4 amide bonds. The van der Waals surface area contributed by atoms with Crippen LogP contribution in [0.25, 0.3) is 6.08 Å². The van der Waals surface area contributed by atoms with Crippen LogP contribution < -0.4 is 14.5 Å². The molecule has 4 aromatic carbocycles. The molecule has 38 heavy (non-hydrogen) atoms. The fourth-order valence-electron chi connectivity index (χ4n) is 4.35. The fourth-order valence-corrected chi connectivity index (χ4v) is 4.77. The zero-order valence-electron chi connectivity index (χ0n) is 20.5. The lowest BCUT2D eigenvalue weighted by atomic mass is 10.00. The lowest BCUT2D eigenvalue weighted by Crippen LogP contribution is -2.57. The molecule has 188 valence electrons. The van der Waals surface area contributed by atoms with Crippen LogP contribution in [0.15, 0.2) is 113 Å². The van der Waals surface area contributed by atoms with E-state index in [0.717, 1.165) is 25.4 Å².